The Kier molecular flexibility index (Phi) is 4.68. The van der Waals surface area contributed by atoms with Crippen LogP contribution in [0.15, 0.2) is 30.3 Å². The average molecular weight is 294 g/mol. The number of aryl methyl sites for hydroxylation is 1. The lowest BCUT2D eigenvalue weighted by Crippen LogP contribution is -2.24. The summed E-state index contributed by atoms with van der Waals surface area (Å²) < 4.78 is 13.8. The summed E-state index contributed by atoms with van der Waals surface area (Å²) in [5.74, 6) is 0.440. The van der Waals surface area contributed by atoms with Gasteiger partial charge in [-0.2, -0.15) is 0 Å². The average Bonchev–Trinajstić information content (AvgIpc) is 2.37. The molecule has 5 heteroatoms. The molecule has 1 unspecified atom stereocenters. The molecule has 0 amide bonds. The fourth-order valence-electron chi connectivity index (χ4n) is 2.07. The van der Waals surface area contributed by atoms with Crippen molar-refractivity contribution in [3.05, 3.63) is 58.4 Å². The van der Waals surface area contributed by atoms with Crippen molar-refractivity contribution in [2.45, 2.75) is 26.4 Å². The molecule has 1 atom stereocenters. The van der Waals surface area contributed by atoms with Gasteiger partial charge >= 0.3 is 0 Å². The normalized spacial score (nSPS) is 12.7. The third-order valence-electron chi connectivity index (χ3n) is 3.28. The number of aromatic nitrogens is 2. The Morgan fingerprint density at radius 1 is 1.30 bits per heavy atom. The van der Waals surface area contributed by atoms with E-state index in [9.17, 15) is 4.39 Å². The van der Waals surface area contributed by atoms with Gasteiger partial charge in [-0.1, -0.05) is 29.8 Å². The molecule has 0 aliphatic rings. The minimum Gasteiger partial charge on any atom is -0.292 e. The predicted molar refractivity (Wildman–Crippen MR) is 78.1 cm³/mol. The molecule has 0 saturated heterocycles. The van der Waals surface area contributed by atoms with Crippen LogP contribution in [0.1, 0.15) is 30.0 Å². The number of nitrogens with zero attached hydrogens (tertiary/aromatic N) is 3. The molecule has 2 aromatic rings. The molecule has 0 saturated carbocycles. The van der Waals surface area contributed by atoms with Crippen LogP contribution in [0.2, 0.25) is 5.15 Å². The second kappa shape index (κ2) is 6.29. The zero-order valence-corrected chi connectivity index (χ0v) is 12.5. The molecule has 1 heterocycles. The van der Waals surface area contributed by atoms with Crippen LogP contribution < -0.4 is 0 Å². The van der Waals surface area contributed by atoms with Crippen molar-refractivity contribution in [1.82, 2.24) is 14.9 Å². The Morgan fingerprint density at radius 3 is 2.65 bits per heavy atom. The Bertz CT molecular complexity index is 583. The van der Waals surface area contributed by atoms with Gasteiger partial charge in [0.1, 0.15) is 16.8 Å². The first-order valence-electron chi connectivity index (χ1n) is 6.42. The van der Waals surface area contributed by atoms with Crippen LogP contribution in [0, 0.1) is 12.7 Å². The van der Waals surface area contributed by atoms with Crippen molar-refractivity contribution < 1.29 is 4.39 Å². The highest BCUT2D eigenvalue weighted by atomic mass is 35.5. The maximum absolute atomic E-state index is 13.8. The van der Waals surface area contributed by atoms with Gasteiger partial charge in [0.25, 0.3) is 0 Å². The van der Waals surface area contributed by atoms with Gasteiger partial charge in [0, 0.05) is 17.3 Å². The highest BCUT2D eigenvalue weighted by Crippen LogP contribution is 2.22. The first-order chi connectivity index (χ1) is 9.47. The van der Waals surface area contributed by atoms with Crippen molar-refractivity contribution in [2.24, 2.45) is 0 Å². The summed E-state index contributed by atoms with van der Waals surface area (Å²) in [6, 6.07) is 8.43. The van der Waals surface area contributed by atoms with Gasteiger partial charge < -0.3 is 0 Å². The number of halogens is 2. The Balaban J connectivity index is 2.15. The van der Waals surface area contributed by atoms with Gasteiger partial charge in [-0.05, 0) is 33.0 Å². The summed E-state index contributed by atoms with van der Waals surface area (Å²) in [6.45, 7) is 4.34. The highest BCUT2D eigenvalue weighted by molar-refractivity contribution is 6.29. The Morgan fingerprint density at radius 2 is 2.00 bits per heavy atom. The van der Waals surface area contributed by atoms with E-state index in [1.807, 2.05) is 31.9 Å². The van der Waals surface area contributed by atoms with E-state index in [2.05, 4.69) is 9.97 Å². The number of hydrogen-bond donors (Lipinski definition) is 0. The molecule has 106 valence electrons. The van der Waals surface area contributed by atoms with Gasteiger partial charge in [0.2, 0.25) is 0 Å². The molecule has 0 N–H and O–H groups in total. The zero-order valence-electron chi connectivity index (χ0n) is 11.8. The molecule has 0 radical (unpaired) electrons. The smallest absolute Gasteiger partial charge is 0.144 e. The molecule has 0 fully saturated rings. The van der Waals surface area contributed by atoms with Crippen molar-refractivity contribution in [3.8, 4) is 0 Å². The molecule has 20 heavy (non-hydrogen) atoms. The number of rotatable bonds is 4. The lowest BCUT2D eigenvalue weighted by Gasteiger charge is -2.24. The molecule has 2 rings (SSSR count). The Labute approximate surface area is 123 Å². The van der Waals surface area contributed by atoms with Crippen LogP contribution in [-0.2, 0) is 6.54 Å². The molecular formula is C15H17ClFN3. The lowest BCUT2D eigenvalue weighted by atomic mass is 10.1. The largest absolute Gasteiger partial charge is 0.292 e. The van der Waals surface area contributed by atoms with Crippen molar-refractivity contribution in [3.63, 3.8) is 0 Å². The summed E-state index contributed by atoms with van der Waals surface area (Å²) in [5.41, 5.74) is 1.49. The summed E-state index contributed by atoms with van der Waals surface area (Å²) in [4.78, 5) is 10.5. The van der Waals surface area contributed by atoms with Crippen LogP contribution in [-0.4, -0.2) is 21.9 Å². The standard InChI is InChI=1S/C15H17ClFN3/c1-10-8-14(16)19-15(18-10)9-20(3)11(2)12-6-4-5-7-13(12)17/h4-8,11H,9H2,1-3H3. The maximum atomic E-state index is 13.8. The molecule has 1 aromatic carbocycles. The van der Waals surface area contributed by atoms with E-state index in [1.165, 1.54) is 6.07 Å². The molecule has 1 aromatic heterocycles. The van der Waals surface area contributed by atoms with Crippen LogP contribution >= 0.6 is 11.6 Å². The van der Waals surface area contributed by atoms with Gasteiger partial charge in [-0.3, -0.25) is 4.90 Å². The van der Waals surface area contributed by atoms with Gasteiger partial charge in [-0.15, -0.1) is 0 Å². The minimum atomic E-state index is -0.199. The predicted octanol–water partition coefficient (Wildman–Crippen LogP) is 3.77. The fourth-order valence-corrected chi connectivity index (χ4v) is 2.33. The second-order valence-electron chi connectivity index (χ2n) is 4.86. The molecule has 0 aliphatic heterocycles. The van der Waals surface area contributed by atoms with Gasteiger partial charge in [0.15, 0.2) is 0 Å². The van der Waals surface area contributed by atoms with Crippen molar-refractivity contribution in [1.29, 1.82) is 0 Å². The number of hydrogen-bond acceptors (Lipinski definition) is 3. The molecular weight excluding hydrogens is 277 g/mol. The third kappa shape index (κ3) is 3.52. The topological polar surface area (TPSA) is 29.0 Å². The molecule has 0 spiro atoms. The zero-order chi connectivity index (χ0) is 14.7. The van der Waals surface area contributed by atoms with Crippen LogP contribution in [0.3, 0.4) is 0 Å². The first-order valence-corrected chi connectivity index (χ1v) is 6.80. The summed E-state index contributed by atoms with van der Waals surface area (Å²) >= 11 is 5.93. The van der Waals surface area contributed by atoms with Gasteiger partial charge in [0.05, 0.1) is 6.54 Å². The van der Waals surface area contributed by atoms with Gasteiger partial charge in [-0.25, -0.2) is 14.4 Å². The van der Waals surface area contributed by atoms with E-state index < -0.39 is 0 Å². The van der Waals surface area contributed by atoms with Crippen LogP contribution in [0.5, 0.6) is 0 Å². The van der Waals surface area contributed by atoms with E-state index in [0.29, 0.717) is 23.1 Å². The molecule has 0 aliphatic carbocycles. The highest BCUT2D eigenvalue weighted by Gasteiger charge is 2.16. The lowest BCUT2D eigenvalue weighted by molar-refractivity contribution is 0.241. The summed E-state index contributed by atoms with van der Waals surface area (Å²) in [7, 11) is 1.91. The van der Waals surface area contributed by atoms with E-state index in [-0.39, 0.29) is 11.9 Å². The molecule has 3 nitrogen and oxygen atoms in total. The quantitative estimate of drug-likeness (QED) is 0.804. The molecule has 0 bridgehead atoms. The Hall–Kier alpha value is -1.52. The monoisotopic (exact) mass is 293 g/mol. The second-order valence-corrected chi connectivity index (χ2v) is 5.25. The SMILES string of the molecule is Cc1cc(Cl)nc(CN(C)C(C)c2ccccc2F)n1. The van der Waals surface area contributed by atoms with Crippen molar-refractivity contribution >= 4 is 11.6 Å². The van der Waals surface area contributed by atoms with Crippen LogP contribution in [0.4, 0.5) is 4.39 Å². The van der Waals surface area contributed by atoms with E-state index in [4.69, 9.17) is 11.6 Å². The van der Waals surface area contributed by atoms with E-state index in [1.54, 1.807) is 18.2 Å². The maximum Gasteiger partial charge on any atom is 0.144 e. The first kappa shape index (κ1) is 14.9. The fraction of sp³-hybridized carbons (Fsp3) is 0.333. The third-order valence-corrected chi connectivity index (χ3v) is 3.47. The van der Waals surface area contributed by atoms with E-state index in [0.717, 1.165) is 5.69 Å². The minimum absolute atomic E-state index is 0.0703. The van der Waals surface area contributed by atoms with Crippen LogP contribution in [0.25, 0.3) is 0 Å². The van der Waals surface area contributed by atoms with E-state index >= 15 is 0 Å². The summed E-state index contributed by atoms with van der Waals surface area (Å²) in [6.07, 6.45) is 0. The number of benzene rings is 1. The van der Waals surface area contributed by atoms with Crippen molar-refractivity contribution in [2.75, 3.05) is 7.05 Å². The summed E-state index contributed by atoms with van der Waals surface area (Å²) in [5, 5.41) is 0.430.